The molecule has 0 aromatic rings. The first-order valence-corrected chi connectivity index (χ1v) is 20.2. The van der Waals surface area contributed by atoms with Crippen LogP contribution in [0, 0.1) is 17.8 Å². The van der Waals surface area contributed by atoms with Gasteiger partial charge in [0.25, 0.3) is 0 Å². The number of unbranched alkanes of at least 4 members (excludes halogenated alkanes) is 14. The van der Waals surface area contributed by atoms with Crippen molar-refractivity contribution in [2.75, 3.05) is 32.8 Å². The van der Waals surface area contributed by atoms with Crippen LogP contribution in [-0.4, -0.2) is 97.2 Å². The zero-order valence-electron chi connectivity index (χ0n) is 31.8. The molecule has 0 spiro atoms. The van der Waals surface area contributed by atoms with Gasteiger partial charge in [0, 0.05) is 44.6 Å². The van der Waals surface area contributed by atoms with Crippen LogP contribution >= 0.6 is 0 Å². The second kappa shape index (κ2) is 27.0. The number of hydrogen-bond donors (Lipinski definition) is 7. The molecule has 0 aliphatic carbocycles. The Morgan fingerprint density at radius 1 is 0.620 bits per heavy atom. The highest BCUT2D eigenvalue weighted by molar-refractivity contribution is 5.74. The Morgan fingerprint density at radius 3 is 1.58 bits per heavy atom. The van der Waals surface area contributed by atoms with Crippen molar-refractivity contribution in [3.05, 3.63) is 0 Å². The number of hydrogen-bond acceptors (Lipinski definition) is 8. The van der Waals surface area contributed by atoms with E-state index in [9.17, 15) is 24.9 Å². The van der Waals surface area contributed by atoms with Crippen molar-refractivity contribution in [2.45, 2.75) is 180 Å². The van der Waals surface area contributed by atoms with Crippen LogP contribution in [0.4, 0.5) is 9.59 Å². The molecule has 5 unspecified atom stereocenters. The summed E-state index contributed by atoms with van der Waals surface area (Å²) in [6.07, 6.45) is 15.0. The van der Waals surface area contributed by atoms with Crippen molar-refractivity contribution in [1.29, 1.82) is 0 Å². The van der Waals surface area contributed by atoms with Crippen molar-refractivity contribution in [2.24, 2.45) is 17.8 Å². The van der Waals surface area contributed by atoms with Crippen LogP contribution in [0.2, 0.25) is 0 Å². The van der Waals surface area contributed by atoms with Gasteiger partial charge in [0.05, 0.1) is 12.2 Å². The summed E-state index contributed by atoms with van der Waals surface area (Å²) >= 11 is 0. The number of ether oxygens (including phenoxy) is 3. The van der Waals surface area contributed by atoms with Gasteiger partial charge in [-0.3, -0.25) is 0 Å². The van der Waals surface area contributed by atoms with E-state index in [-0.39, 0.29) is 49.5 Å². The lowest BCUT2D eigenvalue weighted by Crippen LogP contribution is -2.56. The third-order valence-corrected chi connectivity index (χ3v) is 10.5. The van der Waals surface area contributed by atoms with Gasteiger partial charge in [-0.25, -0.2) is 9.59 Å². The van der Waals surface area contributed by atoms with Crippen LogP contribution < -0.4 is 21.3 Å². The highest BCUT2D eigenvalue weighted by Gasteiger charge is 2.44. The zero-order chi connectivity index (χ0) is 36.6. The van der Waals surface area contributed by atoms with Crippen molar-refractivity contribution in [3.63, 3.8) is 0 Å². The molecule has 50 heavy (non-hydrogen) atoms. The van der Waals surface area contributed by atoms with Gasteiger partial charge in [0.1, 0.15) is 12.2 Å². The monoisotopic (exact) mass is 715 g/mol. The molecule has 294 valence electrons. The molecule has 7 N–H and O–H groups in total. The minimum absolute atomic E-state index is 0.0998. The van der Waals surface area contributed by atoms with Crippen molar-refractivity contribution in [1.82, 2.24) is 21.3 Å². The quantitative estimate of drug-likeness (QED) is 0.0590. The van der Waals surface area contributed by atoms with E-state index in [0.29, 0.717) is 25.9 Å². The summed E-state index contributed by atoms with van der Waals surface area (Å²) in [6, 6.07) is -0.595. The molecular weight excluding hydrogens is 640 g/mol. The van der Waals surface area contributed by atoms with Gasteiger partial charge in [-0.1, -0.05) is 118 Å². The Kier molecular flexibility index (Phi) is 24.0. The Hall–Kier alpha value is -1.70. The molecule has 12 nitrogen and oxygen atoms in total. The molecule has 2 aliphatic rings. The zero-order valence-corrected chi connectivity index (χ0v) is 31.8. The molecule has 0 bridgehead atoms. The molecule has 9 atom stereocenters. The maximum absolute atomic E-state index is 12.5. The lowest BCUT2D eigenvalue weighted by molar-refractivity contribution is -0.331. The number of carbonyl (C=O) groups is 2. The van der Waals surface area contributed by atoms with E-state index < -0.39 is 37.0 Å². The van der Waals surface area contributed by atoms with Crippen LogP contribution in [0.1, 0.15) is 143 Å². The van der Waals surface area contributed by atoms with Crippen LogP contribution in [0.15, 0.2) is 0 Å². The number of rotatable bonds is 25. The molecular formula is C38H74N4O8. The summed E-state index contributed by atoms with van der Waals surface area (Å²) in [6.45, 7) is 9.54. The predicted molar refractivity (Wildman–Crippen MR) is 197 cm³/mol. The number of aliphatic hydroxyl groups is 3. The van der Waals surface area contributed by atoms with Crippen molar-refractivity contribution in [3.8, 4) is 0 Å². The Morgan fingerprint density at radius 2 is 1.08 bits per heavy atom. The molecule has 0 saturated carbocycles. The highest BCUT2D eigenvalue weighted by Crippen LogP contribution is 2.34. The van der Waals surface area contributed by atoms with Crippen molar-refractivity contribution >= 4 is 12.1 Å². The number of urea groups is 2. The fourth-order valence-corrected chi connectivity index (χ4v) is 6.79. The lowest BCUT2D eigenvalue weighted by atomic mass is 9.84. The summed E-state index contributed by atoms with van der Waals surface area (Å²) in [4.78, 5) is 25.0. The summed E-state index contributed by atoms with van der Waals surface area (Å²) < 4.78 is 18.6. The maximum atomic E-state index is 12.5. The smallest absolute Gasteiger partial charge is 0.314 e. The van der Waals surface area contributed by atoms with E-state index in [4.69, 9.17) is 14.2 Å². The lowest BCUT2D eigenvalue weighted by Gasteiger charge is -2.43. The second-order valence-electron chi connectivity index (χ2n) is 14.7. The van der Waals surface area contributed by atoms with Gasteiger partial charge in [-0.15, -0.1) is 0 Å². The van der Waals surface area contributed by atoms with E-state index in [2.05, 4.69) is 35.1 Å². The third-order valence-electron chi connectivity index (χ3n) is 10.5. The molecule has 2 saturated heterocycles. The highest BCUT2D eigenvalue weighted by atomic mass is 16.8. The molecule has 2 aliphatic heterocycles. The first-order chi connectivity index (χ1) is 24.2. The second-order valence-corrected chi connectivity index (χ2v) is 14.7. The largest absolute Gasteiger partial charge is 0.396 e. The first kappa shape index (κ1) is 44.5. The van der Waals surface area contributed by atoms with Gasteiger partial charge in [0.15, 0.2) is 12.6 Å². The van der Waals surface area contributed by atoms with E-state index in [1.54, 1.807) is 0 Å². The summed E-state index contributed by atoms with van der Waals surface area (Å²) in [5.74, 6) is -0.738. The van der Waals surface area contributed by atoms with E-state index >= 15 is 0 Å². The van der Waals surface area contributed by atoms with Gasteiger partial charge < -0.3 is 50.8 Å². The van der Waals surface area contributed by atoms with Gasteiger partial charge in [-0.05, 0) is 31.6 Å². The average Bonchev–Trinajstić information content (AvgIpc) is 3.26. The summed E-state index contributed by atoms with van der Waals surface area (Å²) in [5.41, 5.74) is 0. The van der Waals surface area contributed by atoms with Gasteiger partial charge in [-0.2, -0.15) is 0 Å². The first-order valence-electron chi connectivity index (χ1n) is 20.2. The molecule has 0 aromatic carbocycles. The number of carbonyl (C=O) groups excluding carboxylic acids is 2. The summed E-state index contributed by atoms with van der Waals surface area (Å²) in [7, 11) is 0. The van der Waals surface area contributed by atoms with Crippen LogP contribution in [0.25, 0.3) is 0 Å². The molecule has 0 aromatic heterocycles. The van der Waals surface area contributed by atoms with Gasteiger partial charge >= 0.3 is 12.1 Å². The van der Waals surface area contributed by atoms with Crippen LogP contribution in [0.5, 0.6) is 0 Å². The Bertz CT molecular complexity index is 886. The number of aliphatic hydroxyl groups excluding tert-OH is 3. The molecule has 4 amide bonds. The third kappa shape index (κ3) is 17.7. The predicted octanol–water partition coefficient (Wildman–Crippen LogP) is 5.72. The molecule has 2 fully saturated rings. The average molecular weight is 715 g/mol. The summed E-state index contributed by atoms with van der Waals surface area (Å²) in [5, 5.41) is 43.5. The number of nitrogens with one attached hydrogen (secondary N) is 4. The van der Waals surface area contributed by atoms with Crippen LogP contribution in [0.3, 0.4) is 0 Å². The normalized spacial score (nSPS) is 28.5. The maximum Gasteiger partial charge on any atom is 0.314 e. The minimum Gasteiger partial charge on any atom is -0.396 e. The number of amides is 4. The fourth-order valence-electron chi connectivity index (χ4n) is 6.79. The molecule has 0 radical (unpaired) electrons. The molecule has 12 heteroatoms. The Labute approximate surface area is 302 Å². The fraction of sp³-hybridized carbons (Fsp3) is 0.947. The van der Waals surface area contributed by atoms with Crippen molar-refractivity contribution < 1.29 is 39.1 Å². The van der Waals surface area contributed by atoms with E-state index in [1.165, 1.54) is 77.0 Å². The van der Waals surface area contributed by atoms with Gasteiger partial charge in [0.2, 0.25) is 0 Å². The van der Waals surface area contributed by atoms with E-state index in [1.807, 2.05) is 13.8 Å². The topological polar surface area (TPSA) is 171 Å². The Balaban J connectivity index is 1.79. The van der Waals surface area contributed by atoms with E-state index in [0.717, 1.165) is 25.7 Å². The van der Waals surface area contributed by atoms with Crippen LogP contribution in [-0.2, 0) is 14.2 Å². The SMILES string of the molecule is CCCCCCCCCCNC(=O)NCC1O[C@H](O[C@H]2OC(CNC(=O)NCCCCCCCCCC)[C@@H](O)C(C)C2C)C(O)CC[C@@H]1CO. The molecule has 2 rings (SSSR count). The minimum atomic E-state index is -1.06. The standard InChI is InChI=1S/C38H74N4O8/c1-5-7-9-11-13-15-17-19-23-39-37(46)41-25-32-30(27-43)21-22-31(44)36(48-32)50-35-29(4)28(3)34(45)33(49-35)26-42-38(47)40-24-20-18-16-14-12-10-8-6-2/h28-36,43-45H,5-27H2,1-4H3,(H2,39,41,46)(H2,40,42,47)/t28?,29?,30-,31?,32?,33?,34+,35-,36-/m1/s1. The molecule has 2 heterocycles.